The number of aromatic nitrogens is 2. The van der Waals surface area contributed by atoms with Crippen LogP contribution in [0.15, 0.2) is 35.0 Å². The second-order valence-electron chi connectivity index (χ2n) is 6.29. The molecule has 4 rings (SSSR count). The van der Waals surface area contributed by atoms with Crippen LogP contribution in [0, 0.1) is 0 Å². The van der Waals surface area contributed by atoms with Crippen LogP contribution in [-0.2, 0) is 4.74 Å². The molecule has 3 aromatic rings. The Morgan fingerprint density at radius 3 is 2.30 bits per heavy atom. The third-order valence-electron chi connectivity index (χ3n) is 4.37. The highest BCUT2D eigenvalue weighted by Gasteiger charge is 2.18. The van der Waals surface area contributed by atoms with Gasteiger partial charge in [0, 0.05) is 29.4 Å². The van der Waals surface area contributed by atoms with E-state index in [-0.39, 0.29) is 11.4 Å². The maximum atomic E-state index is 12.3. The molecule has 0 aliphatic carbocycles. The van der Waals surface area contributed by atoms with Gasteiger partial charge in [0.2, 0.25) is 0 Å². The minimum absolute atomic E-state index is 0.221. The molecule has 2 aromatic heterocycles. The van der Waals surface area contributed by atoms with Crippen LogP contribution in [0.1, 0.15) is 21.0 Å². The number of hydrazine groups is 1. The standard InChI is InChI=1S/C19H19N5O4S2/c1-27-13-4-2-12(3-5-13)18-20-14(10-29-18)16(25)22-23-17(26)15-11-30-19(21-15)24-6-8-28-9-7-24/h2-5,10-11H,6-9H2,1H3,(H,22,25)(H,23,26). The maximum absolute atomic E-state index is 12.3. The summed E-state index contributed by atoms with van der Waals surface area (Å²) >= 11 is 2.73. The summed E-state index contributed by atoms with van der Waals surface area (Å²) in [6.45, 7) is 2.77. The van der Waals surface area contributed by atoms with Crippen molar-refractivity contribution in [1.29, 1.82) is 0 Å². The zero-order chi connectivity index (χ0) is 20.9. The zero-order valence-electron chi connectivity index (χ0n) is 16.1. The van der Waals surface area contributed by atoms with E-state index < -0.39 is 11.8 Å². The molecule has 1 aliphatic heterocycles. The molecule has 11 heteroatoms. The van der Waals surface area contributed by atoms with Gasteiger partial charge < -0.3 is 14.4 Å². The molecule has 0 unspecified atom stereocenters. The third-order valence-corrected chi connectivity index (χ3v) is 6.16. The van der Waals surface area contributed by atoms with E-state index >= 15 is 0 Å². The first-order valence-electron chi connectivity index (χ1n) is 9.13. The molecule has 1 saturated heterocycles. The number of anilines is 1. The van der Waals surface area contributed by atoms with E-state index in [0.29, 0.717) is 18.2 Å². The van der Waals surface area contributed by atoms with Gasteiger partial charge in [-0.05, 0) is 24.3 Å². The van der Waals surface area contributed by atoms with E-state index in [1.54, 1.807) is 17.9 Å². The van der Waals surface area contributed by atoms with Gasteiger partial charge in [-0.2, -0.15) is 0 Å². The fourth-order valence-electron chi connectivity index (χ4n) is 2.75. The van der Waals surface area contributed by atoms with Crippen molar-refractivity contribution in [3.63, 3.8) is 0 Å². The molecule has 1 fully saturated rings. The van der Waals surface area contributed by atoms with Crippen LogP contribution in [0.5, 0.6) is 5.75 Å². The molecule has 1 aliphatic rings. The van der Waals surface area contributed by atoms with Crippen molar-refractivity contribution in [2.75, 3.05) is 38.3 Å². The Morgan fingerprint density at radius 1 is 1.00 bits per heavy atom. The van der Waals surface area contributed by atoms with Gasteiger partial charge in [-0.25, -0.2) is 9.97 Å². The lowest BCUT2D eigenvalue weighted by Crippen LogP contribution is -2.42. The summed E-state index contributed by atoms with van der Waals surface area (Å²) < 4.78 is 10.5. The summed E-state index contributed by atoms with van der Waals surface area (Å²) in [5, 5.41) is 4.76. The lowest BCUT2D eigenvalue weighted by atomic mass is 10.2. The minimum atomic E-state index is -0.497. The summed E-state index contributed by atoms with van der Waals surface area (Å²) in [5.41, 5.74) is 6.12. The number of amides is 2. The van der Waals surface area contributed by atoms with Crippen LogP contribution >= 0.6 is 22.7 Å². The summed E-state index contributed by atoms with van der Waals surface area (Å²) in [6.07, 6.45) is 0. The average Bonchev–Trinajstić information content (AvgIpc) is 3.48. The largest absolute Gasteiger partial charge is 0.497 e. The van der Waals surface area contributed by atoms with Crippen LogP contribution in [0.4, 0.5) is 5.13 Å². The van der Waals surface area contributed by atoms with E-state index in [9.17, 15) is 9.59 Å². The number of hydrogen-bond donors (Lipinski definition) is 2. The number of carbonyl (C=O) groups is 2. The van der Waals surface area contributed by atoms with Crippen LogP contribution in [-0.4, -0.2) is 55.2 Å². The SMILES string of the molecule is COc1ccc(-c2nc(C(=O)NNC(=O)c3csc(N4CCOCC4)n3)cs2)cc1. The van der Waals surface area contributed by atoms with Crippen LogP contribution in [0.3, 0.4) is 0 Å². The van der Waals surface area contributed by atoms with Gasteiger partial charge in [-0.3, -0.25) is 20.4 Å². The predicted octanol–water partition coefficient (Wildman–Crippen LogP) is 2.19. The third kappa shape index (κ3) is 4.58. The van der Waals surface area contributed by atoms with Gasteiger partial charge in [0.25, 0.3) is 11.8 Å². The molecule has 2 amide bonds. The maximum Gasteiger partial charge on any atom is 0.289 e. The van der Waals surface area contributed by atoms with Gasteiger partial charge in [0.15, 0.2) is 5.13 Å². The molecule has 0 bridgehead atoms. The monoisotopic (exact) mass is 445 g/mol. The van der Waals surface area contributed by atoms with Crippen LogP contribution in [0.2, 0.25) is 0 Å². The molecule has 9 nitrogen and oxygen atoms in total. The lowest BCUT2D eigenvalue weighted by Gasteiger charge is -2.25. The first kappa shape index (κ1) is 20.3. The Hall–Kier alpha value is -3.02. The molecule has 0 atom stereocenters. The van der Waals surface area contributed by atoms with Crippen molar-refractivity contribution < 1.29 is 19.1 Å². The normalized spacial score (nSPS) is 13.7. The second kappa shape index (κ2) is 9.20. The Bertz CT molecular complexity index is 1030. The van der Waals surface area contributed by atoms with Gasteiger partial charge in [-0.15, -0.1) is 22.7 Å². The molecular formula is C19H19N5O4S2. The van der Waals surface area contributed by atoms with Crippen molar-refractivity contribution in [2.45, 2.75) is 0 Å². The van der Waals surface area contributed by atoms with Gasteiger partial charge >= 0.3 is 0 Å². The molecule has 30 heavy (non-hydrogen) atoms. The molecule has 156 valence electrons. The van der Waals surface area contributed by atoms with E-state index in [0.717, 1.165) is 29.5 Å². The number of thiazole rings is 2. The van der Waals surface area contributed by atoms with Gasteiger partial charge in [0.05, 0.1) is 20.3 Å². The first-order valence-corrected chi connectivity index (χ1v) is 10.9. The topological polar surface area (TPSA) is 106 Å². The van der Waals surface area contributed by atoms with Crippen molar-refractivity contribution in [3.8, 4) is 16.3 Å². The van der Waals surface area contributed by atoms with E-state index in [1.165, 1.54) is 22.7 Å². The number of nitrogens with zero attached hydrogens (tertiary/aromatic N) is 3. The van der Waals surface area contributed by atoms with E-state index in [1.807, 2.05) is 24.3 Å². The van der Waals surface area contributed by atoms with Crippen molar-refractivity contribution in [2.24, 2.45) is 0 Å². The molecule has 0 radical (unpaired) electrons. The molecular weight excluding hydrogens is 426 g/mol. The second-order valence-corrected chi connectivity index (χ2v) is 7.98. The number of carbonyl (C=O) groups excluding carboxylic acids is 2. The Morgan fingerprint density at radius 2 is 1.63 bits per heavy atom. The number of methoxy groups -OCH3 is 1. The minimum Gasteiger partial charge on any atom is -0.497 e. The van der Waals surface area contributed by atoms with Crippen molar-refractivity contribution in [3.05, 3.63) is 46.4 Å². The van der Waals surface area contributed by atoms with Crippen LogP contribution in [0.25, 0.3) is 10.6 Å². The highest BCUT2D eigenvalue weighted by atomic mass is 32.1. The Labute approximate surface area is 180 Å². The lowest BCUT2D eigenvalue weighted by molar-refractivity contribution is 0.0842. The van der Waals surface area contributed by atoms with Gasteiger partial charge in [0.1, 0.15) is 22.1 Å². The molecule has 3 heterocycles. The summed E-state index contributed by atoms with van der Waals surface area (Å²) in [6, 6.07) is 7.40. The summed E-state index contributed by atoms with van der Waals surface area (Å²) in [4.78, 5) is 35.4. The van der Waals surface area contributed by atoms with Crippen LogP contribution < -0.4 is 20.5 Å². The summed E-state index contributed by atoms with van der Waals surface area (Å²) in [5.74, 6) is -0.234. The number of ether oxygens (including phenoxy) is 2. The van der Waals surface area contributed by atoms with E-state index in [4.69, 9.17) is 9.47 Å². The number of hydrogen-bond acceptors (Lipinski definition) is 9. The molecule has 2 N–H and O–H groups in total. The van der Waals surface area contributed by atoms with Crippen molar-refractivity contribution in [1.82, 2.24) is 20.8 Å². The number of rotatable bonds is 5. The number of morpholine rings is 1. The summed E-state index contributed by atoms with van der Waals surface area (Å²) in [7, 11) is 1.60. The van der Waals surface area contributed by atoms with Gasteiger partial charge in [-0.1, -0.05) is 0 Å². The fourth-order valence-corrected chi connectivity index (χ4v) is 4.42. The Kier molecular flexibility index (Phi) is 6.21. The molecule has 0 spiro atoms. The molecule has 0 saturated carbocycles. The zero-order valence-corrected chi connectivity index (χ0v) is 17.7. The fraction of sp³-hybridized carbons (Fsp3) is 0.263. The highest BCUT2D eigenvalue weighted by molar-refractivity contribution is 7.14. The number of benzene rings is 1. The smallest absolute Gasteiger partial charge is 0.289 e. The first-order chi connectivity index (χ1) is 14.6. The average molecular weight is 446 g/mol. The Balaban J connectivity index is 1.33. The van der Waals surface area contributed by atoms with Crippen molar-refractivity contribution >= 4 is 39.6 Å². The quantitative estimate of drug-likeness (QED) is 0.580. The predicted molar refractivity (Wildman–Crippen MR) is 114 cm³/mol. The number of nitrogens with one attached hydrogen (secondary N) is 2. The molecule has 1 aromatic carbocycles. The highest BCUT2D eigenvalue weighted by Crippen LogP contribution is 2.25. The van der Waals surface area contributed by atoms with E-state index in [2.05, 4.69) is 25.7 Å².